The number of carbonyl (C=O) groups is 2. The Hall–Kier alpha value is -1.54. The molecular weight excluding hydrogens is 206 g/mol. The van der Waals surface area contributed by atoms with Crippen LogP contribution < -0.4 is 10.6 Å². The van der Waals surface area contributed by atoms with Crippen LogP contribution in [0.1, 0.15) is 13.3 Å². The van der Waals surface area contributed by atoms with Gasteiger partial charge in [-0.15, -0.1) is 6.42 Å². The lowest BCUT2D eigenvalue weighted by Crippen LogP contribution is -2.43. The van der Waals surface area contributed by atoms with Crippen molar-refractivity contribution in [3.05, 3.63) is 0 Å². The van der Waals surface area contributed by atoms with Crippen LogP contribution in [-0.2, 0) is 9.59 Å². The predicted octanol–water partition coefficient (Wildman–Crippen LogP) is -0.808. The molecule has 2 amide bonds. The highest BCUT2D eigenvalue weighted by molar-refractivity contribution is 5.81. The number of amides is 2. The Morgan fingerprint density at radius 2 is 2.06 bits per heavy atom. The quantitative estimate of drug-likeness (QED) is 0.581. The van der Waals surface area contributed by atoms with E-state index in [-0.39, 0.29) is 24.4 Å². The van der Waals surface area contributed by atoms with Crippen molar-refractivity contribution in [2.45, 2.75) is 19.4 Å². The summed E-state index contributed by atoms with van der Waals surface area (Å²) >= 11 is 0. The molecule has 0 saturated heterocycles. The molecule has 0 aliphatic rings. The van der Waals surface area contributed by atoms with E-state index in [1.54, 1.807) is 21.0 Å². The first-order valence-electron chi connectivity index (χ1n) is 5.13. The van der Waals surface area contributed by atoms with Crippen LogP contribution >= 0.6 is 0 Å². The molecule has 5 heteroatoms. The summed E-state index contributed by atoms with van der Waals surface area (Å²) in [6, 6.07) is -0.344. The molecule has 1 unspecified atom stereocenters. The predicted molar refractivity (Wildman–Crippen MR) is 62.6 cm³/mol. The standard InChI is InChI=1S/C11H19N3O2/c1-5-7-13-11(16)9(2)12-8-6-10(15)14(3)4/h1,9,12H,6-8H2,2-4H3,(H,13,16). The number of rotatable bonds is 6. The molecule has 0 radical (unpaired) electrons. The Morgan fingerprint density at radius 1 is 1.44 bits per heavy atom. The molecule has 5 nitrogen and oxygen atoms in total. The zero-order valence-corrected chi connectivity index (χ0v) is 10.0. The second-order valence-electron chi connectivity index (χ2n) is 3.64. The number of terminal acetylenes is 1. The molecule has 90 valence electrons. The molecule has 16 heavy (non-hydrogen) atoms. The van der Waals surface area contributed by atoms with E-state index in [9.17, 15) is 9.59 Å². The van der Waals surface area contributed by atoms with Crippen molar-refractivity contribution in [3.63, 3.8) is 0 Å². The van der Waals surface area contributed by atoms with E-state index in [0.717, 1.165) is 0 Å². The number of carbonyl (C=O) groups excluding carboxylic acids is 2. The van der Waals surface area contributed by atoms with Crippen LogP contribution in [0.3, 0.4) is 0 Å². The number of hydrogen-bond donors (Lipinski definition) is 2. The average molecular weight is 225 g/mol. The van der Waals surface area contributed by atoms with Crippen LogP contribution in [-0.4, -0.2) is 49.9 Å². The Labute approximate surface area is 96.6 Å². The third-order valence-corrected chi connectivity index (χ3v) is 2.05. The van der Waals surface area contributed by atoms with Gasteiger partial charge in [0.05, 0.1) is 12.6 Å². The Kier molecular flexibility index (Phi) is 6.97. The fraction of sp³-hybridized carbons (Fsp3) is 0.636. The van der Waals surface area contributed by atoms with E-state index >= 15 is 0 Å². The highest BCUT2D eigenvalue weighted by Gasteiger charge is 2.11. The number of hydrogen-bond acceptors (Lipinski definition) is 3. The van der Waals surface area contributed by atoms with Crippen molar-refractivity contribution in [2.24, 2.45) is 0 Å². The molecule has 0 aromatic heterocycles. The Bertz CT molecular complexity index is 281. The molecule has 0 spiro atoms. The smallest absolute Gasteiger partial charge is 0.237 e. The maximum atomic E-state index is 11.3. The third kappa shape index (κ3) is 6.04. The van der Waals surface area contributed by atoms with Crippen molar-refractivity contribution >= 4 is 11.8 Å². The molecular formula is C11H19N3O2. The summed E-state index contributed by atoms with van der Waals surface area (Å²) in [5.74, 6) is 2.20. The van der Waals surface area contributed by atoms with Crippen LogP contribution in [0.2, 0.25) is 0 Å². The zero-order chi connectivity index (χ0) is 12.6. The molecule has 2 N–H and O–H groups in total. The van der Waals surface area contributed by atoms with Gasteiger partial charge in [0.15, 0.2) is 0 Å². The van der Waals surface area contributed by atoms with Gasteiger partial charge in [-0.3, -0.25) is 9.59 Å². The highest BCUT2D eigenvalue weighted by Crippen LogP contribution is 1.87. The van der Waals surface area contributed by atoms with Gasteiger partial charge in [-0.2, -0.15) is 0 Å². The Balaban J connectivity index is 3.73. The Morgan fingerprint density at radius 3 is 2.56 bits per heavy atom. The van der Waals surface area contributed by atoms with E-state index in [2.05, 4.69) is 16.6 Å². The highest BCUT2D eigenvalue weighted by atomic mass is 16.2. The van der Waals surface area contributed by atoms with Gasteiger partial charge in [-0.05, 0) is 6.92 Å². The summed E-state index contributed by atoms with van der Waals surface area (Å²) < 4.78 is 0. The van der Waals surface area contributed by atoms with Crippen LogP contribution in [0.15, 0.2) is 0 Å². The summed E-state index contributed by atoms with van der Waals surface area (Å²) in [4.78, 5) is 24.1. The molecule has 1 atom stereocenters. The second-order valence-corrected chi connectivity index (χ2v) is 3.64. The van der Waals surface area contributed by atoms with Crippen LogP contribution in [0, 0.1) is 12.3 Å². The molecule has 0 aromatic rings. The van der Waals surface area contributed by atoms with Gasteiger partial charge in [0.25, 0.3) is 0 Å². The zero-order valence-electron chi connectivity index (χ0n) is 10.0. The topological polar surface area (TPSA) is 61.4 Å². The molecule has 0 aliphatic heterocycles. The van der Waals surface area contributed by atoms with Crippen LogP contribution in [0.5, 0.6) is 0 Å². The first-order valence-corrected chi connectivity index (χ1v) is 5.13. The summed E-state index contributed by atoms with van der Waals surface area (Å²) in [6.07, 6.45) is 5.39. The minimum absolute atomic E-state index is 0.0312. The van der Waals surface area contributed by atoms with Gasteiger partial charge < -0.3 is 15.5 Å². The van der Waals surface area contributed by atoms with Gasteiger partial charge >= 0.3 is 0 Å². The van der Waals surface area contributed by atoms with Crippen molar-refractivity contribution in [3.8, 4) is 12.3 Å². The van der Waals surface area contributed by atoms with E-state index in [1.165, 1.54) is 4.90 Å². The minimum Gasteiger partial charge on any atom is -0.349 e. The first-order chi connectivity index (χ1) is 7.49. The van der Waals surface area contributed by atoms with Crippen molar-refractivity contribution in [1.29, 1.82) is 0 Å². The van der Waals surface area contributed by atoms with Gasteiger partial charge in [-0.1, -0.05) is 5.92 Å². The van der Waals surface area contributed by atoms with Gasteiger partial charge in [-0.25, -0.2) is 0 Å². The van der Waals surface area contributed by atoms with Crippen molar-refractivity contribution < 1.29 is 9.59 Å². The number of nitrogens with zero attached hydrogens (tertiary/aromatic N) is 1. The minimum atomic E-state index is -0.344. The molecule has 0 aromatic carbocycles. The SMILES string of the molecule is C#CCNC(=O)C(C)NCCC(=O)N(C)C. The second kappa shape index (κ2) is 7.71. The molecule has 0 bridgehead atoms. The van der Waals surface area contributed by atoms with Crippen LogP contribution in [0.4, 0.5) is 0 Å². The summed E-state index contributed by atoms with van der Waals surface area (Å²) in [5, 5.41) is 5.51. The normalized spacial score (nSPS) is 11.4. The monoisotopic (exact) mass is 225 g/mol. The lowest BCUT2D eigenvalue weighted by atomic mass is 10.3. The molecule has 0 saturated carbocycles. The summed E-state index contributed by atoms with van der Waals surface area (Å²) in [5.41, 5.74) is 0. The van der Waals surface area contributed by atoms with E-state index in [1.807, 2.05) is 0 Å². The van der Waals surface area contributed by atoms with E-state index < -0.39 is 0 Å². The fourth-order valence-corrected chi connectivity index (χ4v) is 1.00. The van der Waals surface area contributed by atoms with Gasteiger partial charge in [0, 0.05) is 27.1 Å². The molecule has 0 rings (SSSR count). The summed E-state index contributed by atoms with van der Waals surface area (Å²) in [6.45, 7) is 2.43. The largest absolute Gasteiger partial charge is 0.349 e. The third-order valence-electron chi connectivity index (χ3n) is 2.05. The number of nitrogens with one attached hydrogen (secondary N) is 2. The van der Waals surface area contributed by atoms with Crippen LogP contribution in [0.25, 0.3) is 0 Å². The molecule has 0 aliphatic carbocycles. The van der Waals surface area contributed by atoms with Gasteiger partial charge in [0.1, 0.15) is 0 Å². The van der Waals surface area contributed by atoms with Crippen molar-refractivity contribution in [2.75, 3.05) is 27.2 Å². The lowest BCUT2D eigenvalue weighted by Gasteiger charge is -2.14. The maximum Gasteiger partial charge on any atom is 0.237 e. The lowest BCUT2D eigenvalue weighted by molar-refractivity contribution is -0.129. The molecule has 0 fully saturated rings. The molecule has 0 heterocycles. The van der Waals surface area contributed by atoms with Gasteiger partial charge in [0.2, 0.25) is 11.8 Å². The van der Waals surface area contributed by atoms with E-state index in [0.29, 0.717) is 13.0 Å². The maximum absolute atomic E-state index is 11.3. The fourth-order valence-electron chi connectivity index (χ4n) is 1.00. The first kappa shape index (κ1) is 14.5. The van der Waals surface area contributed by atoms with Crippen molar-refractivity contribution in [1.82, 2.24) is 15.5 Å². The van der Waals surface area contributed by atoms with E-state index in [4.69, 9.17) is 6.42 Å². The summed E-state index contributed by atoms with van der Waals surface area (Å²) in [7, 11) is 3.40. The average Bonchev–Trinajstić information content (AvgIpc) is 2.25.